The van der Waals surface area contributed by atoms with Crippen LogP contribution >= 0.6 is 0 Å². The van der Waals surface area contributed by atoms with Crippen LogP contribution in [0.5, 0.6) is 0 Å². The smallest absolute Gasteiger partial charge is 0.115 e. The Kier molecular flexibility index (Phi) is 4.18. The highest BCUT2D eigenvalue weighted by atomic mass is 28.4. The molecule has 0 amide bonds. The van der Waals surface area contributed by atoms with Crippen LogP contribution in [0.3, 0.4) is 0 Å². The van der Waals surface area contributed by atoms with Crippen molar-refractivity contribution < 1.29 is 0 Å². The molecular weight excluding hydrogens is 262 g/mol. The average Bonchev–Trinajstić information content (AvgIpc) is 2.57. The van der Waals surface area contributed by atoms with E-state index in [-0.39, 0.29) is 0 Å². The second-order valence-corrected chi connectivity index (χ2v) is 16.7. The van der Waals surface area contributed by atoms with Crippen LogP contribution in [0, 0.1) is 0 Å². The molecule has 0 N–H and O–H groups in total. The van der Waals surface area contributed by atoms with E-state index in [1.54, 1.807) is 0 Å². The highest BCUT2D eigenvalue weighted by Gasteiger charge is 2.48. The molecule has 0 unspecified atom stereocenters. The Morgan fingerprint density at radius 2 is 1.53 bits per heavy atom. The van der Waals surface area contributed by atoms with Crippen LogP contribution in [-0.4, -0.2) is 26.7 Å². The number of rotatable bonds is 3. The third kappa shape index (κ3) is 3.27. The lowest BCUT2D eigenvalue weighted by Gasteiger charge is -2.42. The Morgan fingerprint density at radius 1 is 1.00 bits per heavy atom. The lowest BCUT2D eigenvalue weighted by atomic mass is 10.2. The topological polar surface area (TPSA) is 3.24 Å². The van der Waals surface area contributed by atoms with Gasteiger partial charge in [-0.15, -0.1) is 0 Å². The van der Waals surface area contributed by atoms with Gasteiger partial charge in [0.25, 0.3) is 0 Å². The average molecular weight is 290 g/mol. The molecule has 1 saturated heterocycles. The minimum absolute atomic E-state index is 0.589. The summed E-state index contributed by atoms with van der Waals surface area (Å²) in [4.78, 5) is 0. The first kappa shape index (κ1) is 14.8. The predicted octanol–water partition coefficient (Wildman–Crippen LogP) is 4.81. The fourth-order valence-corrected chi connectivity index (χ4v) is 18.7. The first-order valence-corrected chi connectivity index (χ1v) is 13.7. The molecular formula is C16H27NSi2. The second kappa shape index (κ2) is 5.39. The molecule has 0 aliphatic carbocycles. The van der Waals surface area contributed by atoms with Gasteiger partial charge in [-0.1, -0.05) is 68.7 Å². The fourth-order valence-electron chi connectivity index (χ4n) is 3.68. The summed E-state index contributed by atoms with van der Waals surface area (Å²) in [6.07, 6.45) is 4.70. The van der Waals surface area contributed by atoms with Gasteiger partial charge in [0, 0.05) is 6.04 Å². The van der Waals surface area contributed by atoms with Gasteiger partial charge in [0.2, 0.25) is 0 Å². The van der Waals surface area contributed by atoms with Crippen LogP contribution in [0.1, 0.15) is 12.5 Å². The van der Waals surface area contributed by atoms with Gasteiger partial charge < -0.3 is 4.23 Å². The van der Waals surface area contributed by atoms with E-state index in [0.717, 1.165) is 0 Å². The SMILES string of the molecule is C[C@H](/C=C/c1ccccc1)N1[Si](C)(C)CC[Si]1(C)C. The van der Waals surface area contributed by atoms with Crippen LogP contribution in [0.25, 0.3) is 6.08 Å². The van der Waals surface area contributed by atoms with E-state index >= 15 is 0 Å². The normalized spacial score (nSPS) is 23.8. The maximum Gasteiger partial charge on any atom is 0.115 e. The van der Waals surface area contributed by atoms with E-state index in [4.69, 9.17) is 0 Å². The predicted molar refractivity (Wildman–Crippen MR) is 91.4 cm³/mol. The maximum atomic E-state index is 2.94. The number of hydrogen-bond donors (Lipinski definition) is 0. The molecule has 1 aliphatic rings. The molecule has 19 heavy (non-hydrogen) atoms. The van der Waals surface area contributed by atoms with Gasteiger partial charge in [0.15, 0.2) is 0 Å². The van der Waals surface area contributed by atoms with E-state index in [0.29, 0.717) is 6.04 Å². The summed E-state index contributed by atoms with van der Waals surface area (Å²) >= 11 is 0. The van der Waals surface area contributed by atoms with Gasteiger partial charge in [-0.3, -0.25) is 0 Å². The quantitative estimate of drug-likeness (QED) is 0.722. The molecule has 1 aromatic carbocycles. The number of nitrogens with zero attached hydrogens (tertiary/aromatic N) is 1. The minimum Gasteiger partial charge on any atom is -0.340 e. The van der Waals surface area contributed by atoms with E-state index in [9.17, 15) is 0 Å². The van der Waals surface area contributed by atoms with Gasteiger partial charge in [-0.05, 0) is 24.6 Å². The van der Waals surface area contributed by atoms with Crippen LogP contribution in [0.15, 0.2) is 36.4 Å². The number of hydrogen-bond acceptors (Lipinski definition) is 1. The standard InChI is InChI=1S/C16H27NSi2/c1-15(11-12-16-9-7-6-8-10-16)17-18(2,3)13-14-19(17,4)5/h6-12,15H,13-14H2,1-5H3/b12-11+/t15-/m1/s1. The molecule has 0 aromatic heterocycles. The van der Waals surface area contributed by atoms with Crippen LogP contribution < -0.4 is 0 Å². The molecule has 1 aromatic rings. The Bertz CT molecular complexity index is 435. The van der Waals surface area contributed by atoms with Crippen molar-refractivity contribution in [3.63, 3.8) is 0 Å². The zero-order chi connectivity index (χ0) is 14.1. The van der Waals surface area contributed by atoms with Gasteiger partial charge in [0.1, 0.15) is 16.5 Å². The van der Waals surface area contributed by atoms with E-state index in [2.05, 4.69) is 79.8 Å². The lowest BCUT2D eigenvalue weighted by molar-refractivity contribution is 0.562. The summed E-state index contributed by atoms with van der Waals surface area (Å²) in [7, 11) is -2.32. The lowest BCUT2D eigenvalue weighted by Crippen LogP contribution is -2.58. The molecule has 1 atom stereocenters. The summed E-state index contributed by atoms with van der Waals surface area (Å²) in [6.45, 7) is 12.6. The third-order valence-corrected chi connectivity index (χ3v) is 14.9. The molecule has 0 bridgehead atoms. The van der Waals surface area contributed by atoms with Crippen LogP contribution in [0.4, 0.5) is 0 Å². The van der Waals surface area contributed by atoms with Crippen molar-refractivity contribution in [2.75, 3.05) is 0 Å². The Balaban J connectivity index is 2.15. The number of benzene rings is 1. The van der Waals surface area contributed by atoms with Crippen molar-refractivity contribution >= 4 is 22.5 Å². The molecule has 1 nitrogen and oxygen atoms in total. The molecule has 2 rings (SSSR count). The molecule has 1 heterocycles. The molecule has 1 fully saturated rings. The van der Waals surface area contributed by atoms with E-state index < -0.39 is 16.5 Å². The first-order valence-electron chi connectivity index (χ1n) is 7.36. The molecule has 1 aliphatic heterocycles. The minimum atomic E-state index is -1.16. The largest absolute Gasteiger partial charge is 0.340 e. The van der Waals surface area contributed by atoms with Gasteiger partial charge in [-0.2, -0.15) is 0 Å². The van der Waals surface area contributed by atoms with E-state index in [1.165, 1.54) is 17.7 Å². The van der Waals surface area contributed by atoms with Crippen molar-refractivity contribution in [1.82, 2.24) is 4.23 Å². The molecule has 0 radical (unpaired) electrons. The monoisotopic (exact) mass is 289 g/mol. The summed E-state index contributed by atoms with van der Waals surface area (Å²) in [6, 6.07) is 14.2. The Morgan fingerprint density at radius 3 is 2.05 bits per heavy atom. The van der Waals surface area contributed by atoms with Gasteiger partial charge in [0.05, 0.1) is 0 Å². The van der Waals surface area contributed by atoms with Gasteiger partial charge >= 0.3 is 0 Å². The Labute approximate surface area is 120 Å². The highest BCUT2D eigenvalue weighted by molar-refractivity contribution is 6.95. The van der Waals surface area contributed by atoms with Crippen molar-refractivity contribution in [2.45, 2.75) is 51.2 Å². The third-order valence-electron chi connectivity index (χ3n) is 4.43. The summed E-state index contributed by atoms with van der Waals surface area (Å²) < 4.78 is 2.94. The Hall–Kier alpha value is -0.646. The summed E-state index contributed by atoms with van der Waals surface area (Å²) in [5.41, 5.74) is 1.31. The molecule has 3 heteroatoms. The van der Waals surface area contributed by atoms with Crippen molar-refractivity contribution in [1.29, 1.82) is 0 Å². The summed E-state index contributed by atoms with van der Waals surface area (Å²) in [5, 5.41) is 0. The second-order valence-electron chi connectivity index (χ2n) is 7.01. The first-order chi connectivity index (χ1) is 8.83. The van der Waals surface area contributed by atoms with Crippen LogP contribution in [-0.2, 0) is 0 Å². The van der Waals surface area contributed by atoms with Crippen molar-refractivity contribution in [3.05, 3.63) is 42.0 Å². The van der Waals surface area contributed by atoms with Crippen LogP contribution in [0.2, 0.25) is 38.3 Å². The zero-order valence-corrected chi connectivity index (χ0v) is 15.0. The molecule has 104 valence electrons. The van der Waals surface area contributed by atoms with Crippen molar-refractivity contribution in [2.24, 2.45) is 0 Å². The van der Waals surface area contributed by atoms with Crippen molar-refractivity contribution in [3.8, 4) is 0 Å². The molecule has 0 saturated carbocycles. The van der Waals surface area contributed by atoms with E-state index in [1.807, 2.05) is 0 Å². The molecule has 0 spiro atoms. The fraction of sp³-hybridized carbons (Fsp3) is 0.500. The maximum absolute atomic E-state index is 2.94. The van der Waals surface area contributed by atoms with Gasteiger partial charge in [-0.25, -0.2) is 0 Å². The zero-order valence-electron chi connectivity index (χ0n) is 13.0. The summed E-state index contributed by atoms with van der Waals surface area (Å²) in [5.74, 6) is 0. The highest BCUT2D eigenvalue weighted by Crippen LogP contribution is 2.38.